The molecule has 24 heavy (non-hydrogen) atoms. The second kappa shape index (κ2) is 7.94. The van der Waals surface area contributed by atoms with Crippen LogP contribution < -0.4 is 5.32 Å². The molecule has 0 aliphatic heterocycles. The Morgan fingerprint density at radius 3 is 2.38 bits per heavy atom. The van der Waals surface area contributed by atoms with Crippen LogP contribution >= 0.6 is 15.9 Å². The quantitative estimate of drug-likeness (QED) is 0.779. The van der Waals surface area contributed by atoms with Gasteiger partial charge in [0.1, 0.15) is 0 Å². The highest BCUT2D eigenvalue weighted by Crippen LogP contribution is 2.20. The molecule has 128 valence electrons. The molecule has 2 aromatic rings. The number of amides is 1. The summed E-state index contributed by atoms with van der Waals surface area (Å²) in [5.74, 6) is -0.361. The summed E-state index contributed by atoms with van der Waals surface area (Å²) >= 11 is 3.37. The molecule has 0 fully saturated rings. The van der Waals surface area contributed by atoms with Crippen molar-refractivity contribution in [3.63, 3.8) is 0 Å². The highest BCUT2D eigenvalue weighted by atomic mass is 79.9. The minimum Gasteiger partial charge on any atom is -0.345 e. The summed E-state index contributed by atoms with van der Waals surface area (Å²) in [6.07, 6.45) is 0.508. The van der Waals surface area contributed by atoms with Crippen LogP contribution in [0.2, 0.25) is 0 Å². The fourth-order valence-corrected chi connectivity index (χ4v) is 4.22. The van der Waals surface area contributed by atoms with Crippen LogP contribution in [0.4, 0.5) is 0 Å². The van der Waals surface area contributed by atoms with Crippen LogP contribution in [-0.2, 0) is 9.84 Å². The Hall–Kier alpha value is -1.66. The zero-order valence-electron chi connectivity index (χ0n) is 13.6. The van der Waals surface area contributed by atoms with E-state index in [1.54, 1.807) is 25.1 Å². The fourth-order valence-electron chi connectivity index (χ4n) is 2.41. The lowest BCUT2D eigenvalue weighted by molar-refractivity contribution is 0.0936. The van der Waals surface area contributed by atoms with Crippen LogP contribution in [0.3, 0.4) is 0 Å². The predicted molar refractivity (Wildman–Crippen MR) is 98.8 cm³/mol. The Bertz CT molecular complexity index is 816. The normalized spacial score (nSPS) is 12.6. The van der Waals surface area contributed by atoms with Crippen LogP contribution in [0.1, 0.15) is 42.2 Å². The van der Waals surface area contributed by atoms with Gasteiger partial charge in [0.25, 0.3) is 5.91 Å². The molecule has 0 aliphatic rings. The van der Waals surface area contributed by atoms with Crippen LogP contribution in [-0.4, -0.2) is 20.1 Å². The first-order valence-corrected chi connectivity index (χ1v) is 10.2. The lowest BCUT2D eigenvalue weighted by atomic mass is 10.1. The van der Waals surface area contributed by atoms with E-state index in [2.05, 4.69) is 21.2 Å². The summed E-state index contributed by atoms with van der Waals surface area (Å²) < 4.78 is 25.7. The maximum atomic E-state index is 12.6. The van der Waals surface area contributed by atoms with E-state index < -0.39 is 9.84 Å². The van der Waals surface area contributed by atoms with Crippen molar-refractivity contribution in [1.29, 1.82) is 0 Å². The molecular formula is C18H20BrNO3S. The van der Waals surface area contributed by atoms with E-state index in [0.717, 1.165) is 10.0 Å². The van der Waals surface area contributed by atoms with Crippen molar-refractivity contribution in [2.45, 2.75) is 31.2 Å². The molecule has 0 bridgehead atoms. The van der Waals surface area contributed by atoms with Gasteiger partial charge in [0, 0.05) is 4.47 Å². The summed E-state index contributed by atoms with van der Waals surface area (Å²) in [6.45, 7) is 3.67. The third-order valence-electron chi connectivity index (χ3n) is 3.66. The first-order valence-electron chi connectivity index (χ1n) is 7.73. The lowest BCUT2D eigenvalue weighted by Gasteiger charge is -2.16. The first-order chi connectivity index (χ1) is 11.3. The fraction of sp³-hybridized carbons (Fsp3) is 0.278. The van der Waals surface area contributed by atoms with Gasteiger partial charge in [-0.2, -0.15) is 0 Å². The van der Waals surface area contributed by atoms with Crippen molar-refractivity contribution < 1.29 is 13.2 Å². The molecule has 0 heterocycles. The standard InChI is InChI=1S/C18H20BrNO3S/c1-3-12-24(22,23)17-7-5-4-6-16(17)18(21)20-13(2)14-8-10-15(19)11-9-14/h4-11,13H,3,12H2,1-2H3,(H,20,21)/t13-/m1/s1. The van der Waals surface area contributed by atoms with E-state index in [4.69, 9.17) is 0 Å². The maximum Gasteiger partial charge on any atom is 0.253 e. The summed E-state index contributed by atoms with van der Waals surface area (Å²) in [4.78, 5) is 12.7. The van der Waals surface area contributed by atoms with Gasteiger partial charge in [-0.05, 0) is 43.2 Å². The van der Waals surface area contributed by atoms with Gasteiger partial charge in [-0.3, -0.25) is 4.79 Å². The molecular weight excluding hydrogens is 390 g/mol. The van der Waals surface area contributed by atoms with Gasteiger partial charge in [0.15, 0.2) is 9.84 Å². The van der Waals surface area contributed by atoms with E-state index in [-0.39, 0.29) is 28.2 Å². The Morgan fingerprint density at radius 2 is 1.75 bits per heavy atom. The minimum absolute atomic E-state index is 0.0273. The molecule has 0 aliphatic carbocycles. The summed E-state index contributed by atoms with van der Waals surface area (Å²) in [5.41, 5.74) is 1.13. The van der Waals surface area contributed by atoms with Crippen LogP contribution in [0.5, 0.6) is 0 Å². The summed E-state index contributed by atoms with van der Waals surface area (Å²) in [7, 11) is -3.46. The average Bonchev–Trinajstić information content (AvgIpc) is 2.55. The largest absolute Gasteiger partial charge is 0.345 e. The molecule has 0 unspecified atom stereocenters. The highest BCUT2D eigenvalue weighted by Gasteiger charge is 2.22. The average molecular weight is 410 g/mol. The van der Waals surface area contributed by atoms with E-state index in [1.165, 1.54) is 6.07 Å². The molecule has 2 rings (SSSR count). The number of carbonyl (C=O) groups is 1. The third-order valence-corrected chi connectivity index (χ3v) is 6.16. The summed E-state index contributed by atoms with van der Waals surface area (Å²) in [6, 6.07) is 13.7. The van der Waals surface area contributed by atoms with Crippen LogP contribution in [0.25, 0.3) is 0 Å². The van der Waals surface area contributed by atoms with E-state index in [9.17, 15) is 13.2 Å². The lowest BCUT2D eigenvalue weighted by Crippen LogP contribution is -2.28. The SMILES string of the molecule is CCCS(=O)(=O)c1ccccc1C(=O)N[C@H](C)c1ccc(Br)cc1. The zero-order chi connectivity index (χ0) is 17.7. The molecule has 1 amide bonds. The Morgan fingerprint density at radius 1 is 1.12 bits per heavy atom. The molecule has 1 atom stereocenters. The summed E-state index contributed by atoms with van der Waals surface area (Å²) in [5, 5.41) is 2.87. The van der Waals surface area contributed by atoms with Gasteiger partial charge in [-0.25, -0.2) is 8.42 Å². The van der Waals surface area contributed by atoms with Crippen molar-refractivity contribution in [2.24, 2.45) is 0 Å². The highest BCUT2D eigenvalue weighted by molar-refractivity contribution is 9.10. The molecule has 1 N–H and O–H groups in total. The Kier molecular flexibility index (Phi) is 6.18. The molecule has 0 radical (unpaired) electrons. The van der Waals surface area contributed by atoms with E-state index >= 15 is 0 Å². The van der Waals surface area contributed by atoms with Gasteiger partial charge in [-0.15, -0.1) is 0 Å². The Balaban J connectivity index is 2.26. The van der Waals surface area contributed by atoms with Gasteiger partial charge in [-0.1, -0.05) is 47.1 Å². The molecule has 0 aromatic heterocycles. The second-order valence-electron chi connectivity index (χ2n) is 5.56. The molecule has 0 spiro atoms. The molecule has 2 aromatic carbocycles. The number of sulfone groups is 1. The van der Waals surface area contributed by atoms with Crippen LogP contribution in [0, 0.1) is 0 Å². The second-order valence-corrected chi connectivity index (χ2v) is 8.55. The number of rotatable bonds is 6. The first kappa shape index (κ1) is 18.7. The van der Waals surface area contributed by atoms with Gasteiger partial charge in [0.2, 0.25) is 0 Å². The van der Waals surface area contributed by atoms with Crippen LogP contribution in [0.15, 0.2) is 57.9 Å². The maximum absolute atomic E-state index is 12.6. The monoisotopic (exact) mass is 409 g/mol. The minimum atomic E-state index is -3.46. The smallest absolute Gasteiger partial charge is 0.253 e. The Labute approximate surface area is 151 Å². The van der Waals surface area contributed by atoms with Crippen molar-refractivity contribution >= 4 is 31.7 Å². The van der Waals surface area contributed by atoms with Crippen molar-refractivity contribution in [2.75, 3.05) is 5.75 Å². The zero-order valence-corrected chi connectivity index (χ0v) is 16.0. The van der Waals surface area contributed by atoms with E-state index in [0.29, 0.717) is 6.42 Å². The van der Waals surface area contributed by atoms with Crippen molar-refractivity contribution in [3.05, 3.63) is 64.1 Å². The number of nitrogens with one attached hydrogen (secondary N) is 1. The number of hydrogen-bond acceptors (Lipinski definition) is 3. The molecule has 0 saturated carbocycles. The topological polar surface area (TPSA) is 63.2 Å². The number of hydrogen-bond donors (Lipinski definition) is 1. The van der Waals surface area contributed by atoms with Gasteiger partial charge >= 0.3 is 0 Å². The predicted octanol–water partition coefficient (Wildman–Crippen LogP) is 4.12. The third kappa shape index (κ3) is 4.45. The van der Waals surface area contributed by atoms with Gasteiger partial charge in [0.05, 0.1) is 22.3 Å². The van der Waals surface area contributed by atoms with E-state index in [1.807, 2.05) is 31.2 Å². The molecule has 6 heteroatoms. The number of carbonyl (C=O) groups excluding carboxylic acids is 1. The van der Waals surface area contributed by atoms with Crippen molar-refractivity contribution in [1.82, 2.24) is 5.32 Å². The van der Waals surface area contributed by atoms with Gasteiger partial charge < -0.3 is 5.32 Å². The van der Waals surface area contributed by atoms with Crippen molar-refractivity contribution in [3.8, 4) is 0 Å². The number of halogens is 1. The molecule has 0 saturated heterocycles. The molecule has 4 nitrogen and oxygen atoms in total. The number of benzene rings is 2.